The van der Waals surface area contributed by atoms with Crippen LogP contribution in [0.4, 0.5) is 16.2 Å². The second kappa shape index (κ2) is 6.45. The second-order valence-corrected chi connectivity index (χ2v) is 5.51. The number of nitrogens with one attached hydrogen (secondary N) is 3. The monoisotopic (exact) mass is 329 g/mol. The van der Waals surface area contributed by atoms with Crippen molar-refractivity contribution >= 4 is 28.4 Å². The lowest BCUT2D eigenvalue weighted by molar-refractivity contribution is 0.262. The molecule has 0 aliphatic rings. The van der Waals surface area contributed by atoms with Crippen LogP contribution in [0.25, 0.3) is 22.2 Å². The number of urea groups is 1. The van der Waals surface area contributed by atoms with Gasteiger partial charge in [-0.15, -0.1) is 0 Å². The normalized spacial score (nSPS) is 10.6. The van der Waals surface area contributed by atoms with Crippen molar-refractivity contribution in [2.24, 2.45) is 0 Å². The van der Waals surface area contributed by atoms with Crippen LogP contribution in [-0.4, -0.2) is 21.2 Å². The minimum Gasteiger partial charge on any atom is -0.308 e. The summed E-state index contributed by atoms with van der Waals surface area (Å²) in [6.07, 6.45) is 3.51. The number of hydrogen-bond donors (Lipinski definition) is 3. The van der Waals surface area contributed by atoms with Gasteiger partial charge in [0.15, 0.2) is 5.65 Å². The summed E-state index contributed by atoms with van der Waals surface area (Å²) in [5.74, 6) is 0. The summed E-state index contributed by atoms with van der Waals surface area (Å²) in [5, 5.41) is 13.5. The molecule has 122 valence electrons. The topological polar surface area (TPSA) is 82.7 Å². The molecule has 0 fully saturated rings. The average molecular weight is 329 g/mol. The number of amides is 2. The fourth-order valence-electron chi connectivity index (χ4n) is 2.65. The van der Waals surface area contributed by atoms with Crippen LogP contribution in [0, 0.1) is 0 Å². The van der Waals surface area contributed by atoms with Crippen LogP contribution in [0.3, 0.4) is 0 Å². The maximum Gasteiger partial charge on any atom is 0.323 e. The Morgan fingerprint density at radius 1 is 0.880 bits per heavy atom. The van der Waals surface area contributed by atoms with Gasteiger partial charge in [0.05, 0.1) is 6.20 Å². The van der Waals surface area contributed by atoms with Crippen molar-refractivity contribution in [3.8, 4) is 11.1 Å². The summed E-state index contributed by atoms with van der Waals surface area (Å²) in [4.78, 5) is 16.3. The molecule has 6 nitrogen and oxygen atoms in total. The van der Waals surface area contributed by atoms with Crippen LogP contribution in [-0.2, 0) is 0 Å². The summed E-state index contributed by atoms with van der Waals surface area (Å²) in [6, 6.07) is 18.6. The molecule has 0 aliphatic carbocycles. The van der Waals surface area contributed by atoms with Crippen molar-refractivity contribution in [1.82, 2.24) is 15.2 Å². The van der Waals surface area contributed by atoms with E-state index < -0.39 is 0 Å². The highest BCUT2D eigenvalue weighted by atomic mass is 16.2. The Morgan fingerprint density at radius 2 is 1.60 bits per heavy atom. The van der Waals surface area contributed by atoms with Gasteiger partial charge in [-0.25, -0.2) is 9.78 Å². The van der Waals surface area contributed by atoms with Gasteiger partial charge in [0.1, 0.15) is 0 Å². The number of para-hydroxylation sites is 1. The third-order valence-corrected chi connectivity index (χ3v) is 3.84. The molecule has 2 heterocycles. The third-order valence-electron chi connectivity index (χ3n) is 3.84. The van der Waals surface area contributed by atoms with Gasteiger partial charge < -0.3 is 10.6 Å². The van der Waals surface area contributed by atoms with E-state index in [0.29, 0.717) is 0 Å². The molecule has 0 saturated carbocycles. The van der Waals surface area contributed by atoms with E-state index >= 15 is 0 Å². The van der Waals surface area contributed by atoms with Gasteiger partial charge in [0.25, 0.3) is 0 Å². The lowest BCUT2D eigenvalue weighted by Crippen LogP contribution is -2.19. The molecule has 0 saturated heterocycles. The molecule has 0 radical (unpaired) electrons. The van der Waals surface area contributed by atoms with Crippen LogP contribution in [0.1, 0.15) is 0 Å². The lowest BCUT2D eigenvalue weighted by Gasteiger charge is -2.09. The van der Waals surface area contributed by atoms with Crippen molar-refractivity contribution in [3.63, 3.8) is 0 Å². The molecule has 0 unspecified atom stereocenters. The smallest absolute Gasteiger partial charge is 0.308 e. The minimum absolute atomic E-state index is 0.278. The molecule has 2 aromatic carbocycles. The first-order valence-electron chi connectivity index (χ1n) is 7.81. The fraction of sp³-hybridized carbons (Fsp3) is 0. The van der Waals surface area contributed by atoms with Gasteiger partial charge in [-0.05, 0) is 41.5 Å². The molecule has 0 atom stereocenters. The van der Waals surface area contributed by atoms with Crippen molar-refractivity contribution in [3.05, 3.63) is 73.1 Å². The Balaban J connectivity index is 1.50. The van der Waals surface area contributed by atoms with E-state index in [-0.39, 0.29) is 6.03 Å². The Bertz CT molecular complexity index is 1010. The van der Waals surface area contributed by atoms with Crippen molar-refractivity contribution in [2.45, 2.75) is 0 Å². The summed E-state index contributed by atoms with van der Waals surface area (Å²) in [7, 11) is 0. The highest BCUT2D eigenvalue weighted by molar-refractivity contribution is 6.00. The Morgan fingerprint density at radius 3 is 2.36 bits per heavy atom. The van der Waals surface area contributed by atoms with Crippen molar-refractivity contribution in [1.29, 1.82) is 0 Å². The van der Waals surface area contributed by atoms with E-state index in [1.54, 1.807) is 12.4 Å². The zero-order chi connectivity index (χ0) is 17.1. The van der Waals surface area contributed by atoms with E-state index in [0.717, 1.165) is 33.5 Å². The third kappa shape index (κ3) is 3.18. The number of benzene rings is 2. The van der Waals surface area contributed by atoms with E-state index in [2.05, 4.69) is 25.8 Å². The van der Waals surface area contributed by atoms with E-state index in [4.69, 9.17) is 0 Å². The highest BCUT2D eigenvalue weighted by Gasteiger charge is 2.07. The number of hydrogen-bond acceptors (Lipinski definition) is 3. The van der Waals surface area contributed by atoms with Crippen molar-refractivity contribution < 1.29 is 4.79 Å². The van der Waals surface area contributed by atoms with Crippen LogP contribution in [0.15, 0.2) is 73.1 Å². The maximum atomic E-state index is 12.0. The molecule has 0 aliphatic heterocycles. The maximum absolute atomic E-state index is 12.0. The molecule has 4 aromatic rings. The molecule has 0 bridgehead atoms. The predicted molar refractivity (Wildman–Crippen MR) is 98.4 cm³/mol. The van der Waals surface area contributed by atoms with Crippen molar-refractivity contribution in [2.75, 3.05) is 10.6 Å². The highest BCUT2D eigenvalue weighted by Crippen LogP contribution is 2.27. The molecule has 25 heavy (non-hydrogen) atoms. The summed E-state index contributed by atoms with van der Waals surface area (Å²) in [5.41, 5.74) is 4.29. The number of nitrogens with zero attached hydrogens (tertiary/aromatic N) is 2. The van der Waals surface area contributed by atoms with Gasteiger partial charge in [0, 0.05) is 23.0 Å². The Hall–Kier alpha value is -3.67. The number of H-pyrrole nitrogens is 1. The first-order chi connectivity index (χ1) is 12.3. The predicted octanol–water partition coefficient (Wildman–Crippen LogP) is 4.27. The van der Waals surface area contributed by atoms with Crippen LogP contribution >= 0.6 is 0 Å². The quantitative estimate of drug-likeness (QED) is 0.525. The number of anilines is 2. The Labute approximate surface area is 143 Å². The van der Waals surface area contributed by atoms with Crippen LogP contribution in [0.5, 0.6) is 0 Å². The molecule has 0 spiro atoms. The fourth-order valence-corrected chi connectivity index (χ4v) is 2.65. The number of carbonyl (C=O) groups excluding carboxylic acids is 1. The number of fused-ring (bicyclic) bond motifs is 1. The van der Waals surface area contributed by atoms with Gasteiger partial charge in [-0.3, -0.25) is 5.10 Å². The van der Waals surface area contributed by atoms with E-state index in [1.807, 2.05) is 60.7 Å². The number of aromatic nitrogens is 3. The molecule has 4 rings (SSSR count). The molecule has 3 N–H and O–H groups in total. The number of carbonyl (C=O) groups is 1. The van der Waals surface area contributed by atoms with Crippen LogP contribution in [0.2, 0.25) is 0 Å². The largest absolute Gasteiger partial charge is 0.323 e. The minimum atomic E-state index is -0.278. The Kier molecular flexibility index (Phi) is 3.84. The van der Waals surface area contributed by atoms with Crippen LogP contribution < -0.4 is 10.6 Å². The standard InChI is InChI=1S/C19H15N5O/c25-19(22-14-4-2-1-3-5-14)23-15-8-6-13(7-9-15)16-10-11-20-18-17(16)12-21-24-18/h1-12H,(H,20,21,24)(H2,22,23,25). The molecule has 2 amide bonds. The van der Waals surface area contributed by atoms with Gasteiger partial charge >= 0.3 is 6.03 Å². The summed E-state index contributed by atoms with van der Waals surface area (Å²) < 4.78 is 0. The second-order valence-electron chi connectivity index (χ2n) is 5.51. The first kappa shape index (κ1) is 14.9. The van der Waals surface area contributed by atoms with E-state index in [9.17, 15) is 4.79 Å². The molecular formula is C19H15N5O. The first-order valence-corrected chi connectivity index (χ1v) is 7.81. The van der Waals surface area contributed by atoms with Gasteiger partial charge in [0.2, 0.25) is 0 Å². The molecular weight excluding hydrogens is 314 g/mol. The lowest BCUT2D eigenvalue weighted by atomic mass is 10.0. The van der Waals surface area contributed by atoms with Gasteiger partial charge in [-0.2, -0.15) is 5.10 Å². The molecule has 6 heteroatoms. The van der Waals surface area contributed by atoms with E-state index in [1.165, 1.54) is 0 Å². The number of pyridine rings is 1. The average Bonchev–Trinajstić information content (AvgIpc) is 3.12. The molecule has 2 aromatic heterocycles. The zero-order valence-electron chi connectivity index (χ0n) is 13.2. The SMILES string of the molecule is O=C(Nc1ccccc1)Nc1ccc(-c2ccnc3[nH]ncc23)cc1. The number of aromatic amines is 1. The zero-order valence-corrected chi connectivity index (χ0v) is 13.2. The summed E-state index contributed by atoms with van der Waals surface area (Å²) in [6.45, 7) is 0. The van der Waals surface area contributed by atoms with Gasteiger partial charge in [-0.1, -0.05) is 30.3 Å². The number of rotatable bonds is 3. The summed E-state index contributed by atoms with van der Waals surface area (Å²) >= 11 is 0.